The molecule has 0 aliphatic carbocycles. The normalized spacial score (nSPS) is 22.4. The average molecular weight is 288 g/mol. The Bertz CT molecular complexity index is 551. The summed E-state index contributed by atoms with van der Waals surface area (Å²) in [6, 6.07) is 6.41. The van der Waals surface area contributed by atoms with E-state index in [0.717, 1.165) is 12.0 Å². The van der Waals surface area contributed by atoms with E-state index < -0.39 is 12.0 Å². The van der Waals surface area contributed by atoms with Gasteiger partial charge in [0.25, 0.3) is 0 Å². The van der Waals surface area contributed by atoms with E-state index in [1.165, 1.54) is 11.0 Å². The summed E-state index contributed by atoms with van der Waals surface area (Å²) >= 11 is 0. The summed E-state index contributed by atoms with van der Waals surface area (Å²) < 4.78 is 0. The molecule has 2 atom stereocenters. The lowest BCUT2D eigenvalue weighted by atomic mass is 9.92. The number of nitrogen functional groups attached to an aromatic ring is 1. The van der Waals surface area contributed by atoms with Gasteiger partial charge in [0, 0.05) is 18.3 Å². The molecular formula is C16H20N2O3. The number of carboxylic acids is 1. The third kappa shape index (κ3) is 3.84. The van der Waals surface area contributed by atoms with Crippen molar-refractivity contribution in [2.24, 2.45) is 5.92 Å². The van der Waals surface area contributed by atoms with Gasteiger partial charge in [-0.1, -0.05) is 19.1 Å². The van der Waals surface area contributed by atoms with E-state index in [-0.39, 0.29) is 5.91 Å². The first-order valence-electron chi connectivity index (χ1n) is 7.04. The largest absolute Gasteiger partial charge is 0.480 e. The highest BCUT2D eigenvalue weighted by Crippen LogP contribution is 2.23. The van der Waals surface area contributed by atoms with Crippen LogP contribution < -0.4 is 5.73 Å². The van der Waals surface area contributed by atoms with Gasteiger partial charge in [-0.2, -0.15) is 0 Å². The van der Waals surface area contributed by atoms with Crippen LogP contribution in [0.3, 0.4) is 0 Å². The summed E-state index contributed by atoms with van der Waals surface area (Å²) in [4.78, 5) is 24.9. The number of anilines is 1. The number of hydrogen-bond donors (Lipinski definition) is 2. The molecular weight excluding hydrogens is 268 g/mol. The minimum absolute atomic E-state index is 0.258. The average Bonchev–Trinajstić information content (AvgIpc) is 2.46. The maximum absolute atomic E-state index is 12.2. The molecule has 2 unspecified atom stereocenters. The van der Waals surface area contributed by atoms with Gasteiger partial charge < -0.3 is 15.7 Å². The quantitative estimate of drug-likeness (QED) is 0.658. The first kappa shape index (κ1) is 15.1. The molecule has 0 saturated carbocycles. The van der Waals surface area contributed by atoms with Crippen LogP contribution in [0, 0.1) is 5.92 Å². The predicted octanol–water partition coefficient (Wildman–Crippen LogP) is 1.99. The van der Waals surface area contributed by atoms with Crippen LogP contribution in [-0.4, -0.2) is 34.5 Å². The zero-order valence-corrected chi connectivity index (χ0v) is 12.0. The van der Waals surface area contributed by atoms with Crippen LogP contribution in [0.15, 0.2) is 30.3 Å². The molecule has 1 aromatic rings. The van der Waals surface area contributed by atoms with Crippen LogP contribution in [-0.2, 0) is 9.59 Å². The number of rotatable bonds is 3. The first-order valence-corrected chi connectivity index (χ1v) is 7.04. The van der Waals surface area contributed by atoms with Crippen LogP contribution in [0.2, 0.25) is 0 Å². The van der Waals surface area contributed by atoms with Crippen molar-refractivity contribution < 1.29 is 14.7 Å². The van der Waals surface area contributed by atoms with Crippen LogP contribution >= 0.6 is 0 Å². The van der Waals surface area contributed by atoms with Crippen molar-refractivity contribution in [1.29, 1.82) is 0 Å². The summed E-state index contributed by atoms with van der Waals surface area (Å²) in [5.41, 5.74) is 7.12. The molecule has 1 fully saturated rings. The fourth-order valence-electron chi connectivity index (χ4n) is 2.51. The van der Waals surface area contributed by atoms with Crippen molar-refractivity contribution >= 4 is 23.6 Å². The molecule has 1 heterocycles. The topological polar surface area (TPSA) is 83.6 Å². The number of hydrogen-bond acceptors (Lipinski definition) is 3. The molecule has 1 aliphatic rings. The Kier molecular flexibility index (Phi) is 4.62. The number of carbonyl (C=O) groups excluding carboxylic acids is 1. The summed E-state index contributed by atoms with van der Waals surface area (Å²) in [5, 5.41) is 9.26. The molecule has 5 nitrogen and oxygen atoms in total. The van der Waals surface area contributed by atoms with Gasteiger partial charge >= 0.3 is 5.97 Å². The second kappa shape index (κ2) is 6.43. The number of nitrogens with two attached hydrogens (primary N) is 1. The summed E-state index contributed by atoms with van der Waals surface area (Å²) in [6.07, 6.45) is 4.46. The van der Waals surface area contributed by atoms with E-state index in [2.05, 4.69) is 0 Å². The highest BCUT2D eigenvalue weighted by atomic mass is 16.4. The van der Waals surface area contributed by atoms with Crippen molar-refractivity contribution in [3.63, 3.8) is 0 Å². The second-order valence-electron chi connectivity index (χ2n) is 5.52. The lowest BCUT2D eigenvalue weighted by Crippen LogP contribution is -2.49. The van der Waals surface area contributed by atoms with Crippen molar-refractivity contribution in [2.45, 2.75) is 25.8 Å². The van der Waals surface area contributed by atoms with E-state index >= 15 is 0 Å². The zero-order valence-electron chi connectivity index (χ0n) is 12.0. The molecule has 0 radical (unpaired) electrons. The number of nitrogens with zero attached hydrogens (tertiary/aromatic N) is 1. The standard InChI is InChI=1S/C16H20N2O3/c1-11-8-9-18(14(10-11)16(20)21)15(19)7-4-12-2-5-13(17)6-3-12/h2-7,11,14H,8-10,17H2,1H3,(H,20,21)/b7-4+. The Morgan fingerprint density at radius 2 is 2.00 bits per heavy atom. The highest BCUT2D eigenvalue weighted by Gasteiger charge is 2.33. The zero-order chi connectivity index (χ0) is 15.4. The van der Waals surface area contributed by atoms with Crippen LogP contribution in [0.4, 0.5) is 5.69 Å². The number of likely N-dealkylation sites (tertiary alicyclic amines) is 1. The maximum Gasteiger partial charge on any atom is 0.326 e. The molecule has 2 rings (SSSR count). The Morgan fingerprint density at radius 1 is 1.33 bits per heavy atom. The minimum Gasteiger partial charge on any atom is -0.480 e. The van der Waals surface area contributed by atoms with Gasteiger partial charge in [-0.25, -0.2) is 4.79 Å². The monoisotopic (exact) mass is 288 g/mol. The lowest BCUT2D eigenvalue weighted by molar-refractivity contribution is -0.151. The molecule has 1 saturated heterocycles. The van der Waals surface area contributed by atoms with Crippen LogP contribution in [0.25, 0.3) is 6.08 Å². The van der Waals surface area contributed by atoms with E-state index in [4.69, 9.17) is 5.73 Å². The number of carboxylic acid groups (broad SMARTS) is 1. The van der Waals surface area contributed by atoms with Crippen molar-refractivity contribution in [3.05, 3.63) is 35.9 Å². The second-order valence-corrected chi connectivity index (χ2v) is 5.52. The summed E-state index contributed by atoms with van der Waals surface area (Å²) in [7, 11) is 0. The summed E-state index contributed by atoms with van der Waals surface area (Å²) in [5.74, 6) is -0.863. The third-order valence-electron chi connectivity index (χ3n) is 3.79. The molecule has 5 heteroatoms. The number of benzene rings is 1. The van der Waals surface area contributed by atoms with E-state index in [9.17, 15) is 14.7 Å². The summed E-state index contributed by atoms with van der Waals surface area (Å²) in [6.45, 7) is 2.50. The molecule has 0 spiro atoms. The fourth-order valence-corrected chi connectivity index (χ4v) is 2.51. The highest BCUT2D eigenvalue weighted by molar-refractivity contribution is 5.94. The Labute approximate surface area is 124 Å². The maximum atomic E-state index is 12.2. The lowest BCUT2D eigenvalue weighted by Gasteiger charge is -2.35. The number of aliphatic carboxylic acids is 1. The predicted molar refractivity (Wildman–Crippen MR) is 81.4 cm³/mol. The molecule has 0 aromatic heterocycles. The molecule has 112 valence electrons. The smallest absolute Gasteiger partial charge is 0.326 e. The molecule has 1 amide bonds. The SMILES string of the molecule is CC1CCN(C(=O)/C=C/c2ccc(N)cc2)C(C(=O)O)C1. The molecule has 0 bridgehead atoms. The Balaban J connectivity index is 2.07. The van der Waals surface area contributed by atoms with E-state index in [1.54, 1.807) is 18.2 Å². The van der Waals surface area contributed by atoms with Gasteiger partial charge in [0.2, 0.25) is 5.91 Å². The third-order valence-corrected chi connectivity index (χ3v) is 3.79. The van der Waals surface area contributed by atoms with Crippen LogP contribution in [0.1, 0.15) is 25.3 Å². The van der Waals surface area contributed by atoms with Crippen molar-refractivity contribution in [1.82, 2.24) is 4.90 Å². The van der Waals surface area contributed by atoms with Crippen molar-refractivity contribution in [2.75, 3.05) is 12.3 Å². The number of amides is 1. The molecule has 3 N–H and O–H groups in total. The minimum atomic E-state index is -0.934. The van der Waals surface area contributed by atoms with Gasteiger partial charge in [0.1, 0.15) is 6.04 Å². The van der Waals surface area contributed by atoms with Gasteiger partial charge in [-0.05, 0) is 42.5 Å². The molecule has 1 aromatic carbocycles. The van der Waals surface area contributed by atoms with Gasteiger partial charge in [0.15, 0.2) is 0 Å². The Morgan fingerprint density at radius 3 is 2.62 bits per heavy atom. The number of carbonyl (C=O) groups is 2. The van der Waals surface area contributed by atoms with Crippen LogP contribution in [0.5, 0.6) is 0 Å². The van der Waals surface area contributed by atoms with Gasteiger partial charge in [-0.15, -0.1) is 0 Å². The van der Waals surface area contributed by atoms with Crippen molar-refractivity contribution in [3.8, 4) is 0 Å². The first-order chi connectivity index (χ1) is 9.97. The molecule has 21 heavy (non-hydrogen) atoms. The van der Waals surface area contributed by atoms with E-state index in [1.807, 2.05) is 19.1 Å². The number of piperidine rings is 1. The Hall–Kier alpha value is -2.30. The van der Waals surface area contributed by atoms with Gasteiger partial charge in [0.05, 0.1) is 0 Å². The van der Waals surface area contributed by atoms with E-state index in [0.29, 0.717) is 24.6 Å². The van der Waals surface area contributed by atoms with Gasteiger partial charge in [-0.3, -0.25) is 4.79 Å². The fraction of sp³-hybridized carbons (Fsp3) is 0.375. The molecule has 1 aliphatic heterocycles.